The van der Waals surface area contributed by atoms with Crippen LogP contribution in [0.1, 0.15) is 16.2 Å². The van der Waals surface area contributed by atoms with Gasteiger partial charge in [0.15, 0.2) is 5.82 Å². The van der Waals surface area contributed by atoms with Crippen molar-refractivity contribution in [1.82, 2.24) is 25.9 Å². The third-order valence-electron chi connectivity index (χ3n) is 2.20. The van der Waals surface area contributed by atoms with Crippen molar-refractivity contribution in [3.63, 3.8) is 0 Å². The van der Waals surface area contributed by atoms with Gasteiger partial charge < -0.3 is 10.1 Å². The number of ether oxygens (including phenoxy) is 1. The van der Waals surface area contributed by atoms with Crippen LogP contribution < -0.4 is 10.1 Å². The standard InChI is InChI=1S/C10H10ClN5O2/c1-18-8-3-2-6(11)4-7(8)10(17)12-5-9-13-15-16-14-9/h2-4H,5H2,1H3,(H,12,17)(H,13,14,15,16). The van der Waals surface area contributed by atoms with Crippen molar-refractivity contribution in [2.75, 3.05) is 7.11 Å². The molecule has 1 heterocycles. The van der Waals surface area contributed by atoms with E-state index >= 15 is 0 Å². The molecule has 0 aliphatic rings. The number of tetrazole rings is 1. The predicted octanol–water partition coefficient (Wildman–Crippen LogP) is 0.792. The monoisotopic (exact) mass is 267 g/mol. The molecule has 8 heteroatoms. The number of amides is 1. The first-order valence-corrected chi connectivity index (χ1v) is 5.42. The van der Waals surface area contributed by atoms with Gasteiger partial charge in [-0.2, -0.15) is 5.21 Å². The number of rotatable bonds is 4. The number of nitrogens with zero attached hydrogens (tertiary/aromatic N) is 3. The maximum absolute atomic E-state index is 11.9. The number of hydrogen-bond acceptors (Lipinski definition) is 5. The Hall–Kier alpha value is -2.15. The van der Waals surface area contributed by atoms with Crippen LogP contribution in [0.3, 0.4) is 0 Å². The fourth-order valence-electron chi connectivity index (χ4n) is 1.37. The highest BCUT2D eigenvalue weighted by molar-refractivity contribution is 6.31. The van der Waals surface area contributed by atoms with Crippen LogP contribution >= 0.6 is 11.6 Å². The van der Waals surface area contributed by atoms with E-state index in [1.54, 1.807) is 12.1 Å². The lowest BCUT2D eigenvalue weighted by molar-refractivity contribution is 0.0947. The molecular weight excluding hydrogens is 258 g/mol. The van der Waals surface area contributed by atoms with Gasteiger partial charge >= 0.3 is 0 Å². The van der Waals surface area contributed by atoms with Crippen molar-refractivity contribution in [2.45, 2.75) is 6.54 Å². The molecule has 0 fully saturated rings. The lowest BCUT2D eigenvalue weighted by Crippen LogP contribution is -2.24. The average molecular weight is 268 g/mol. The molecule has 0 saturated heterocycles. The van der Waals surface area contributed by atoms with Gasteiger partial charge in [0.25, 0.3) is 5.91 Å². The number of aromatic amines is 1. The van der Waals surface area contributed by atoms with Crippen LogP contribution in [-0.4, -0.2) is 33.6 Å². The summed E-state index contributed by atoms with van der Waals surface area (Å²) in [6.45, 7) is 0.172. The highest BCUT2D eigenvalue weighted by Crippen LogP contribution is 2.22. The number of hydrogen-bond donors (Lipinski definition) is 2. The Morgan fingerprint density at radius 3 is 3.06 bits per heavy atom. The molecule has 1 aromatic carbocycles. The first kappa shape index (κ1) is 12.3. The van der Waals surface area contributed by atoms with E-state index in [1.807, 2.05) is 0 Å². The molecule has 2 aromatic rings. The first-order chi connectivity index (χ1) is 8.70. The Morgan fingerprint density at radius 2 is 2.39 bits per heavy atom. The summed E-state index contributed by atoms with van der Waals surface area (Å²) in [6, 6.07) is 4.81. The van der Waals surface area contributed by atoms with Crippen molar-refractivity contribution in [2.24, 2.45) is 0 Å². The topological polar surface area (TPSA) is 92.8 Å². The lowest BCUT2D eigenvalue weighted by atomic mass is 10.2. The van der Waals surface area contributed by atoms with Gasteiger partial charge in [0.2, 0.25) is 0 Å². The summed E-state index contributed by atoms with van der Waals surface area (Å²) in [7, 11) is 1.49. The molecule has 0 unspecified atom stereocenters. The predicted molar refractivity (Wildman–Crippen MR) is 63.4 cm³/mol. The van der Waals surface area contributed by atoms with Crippen LogP contribution in [0.5, 0.6) is 5.75 Å². The number of carbonyl (C=O) groups is 1. The molecule has 0 saturated carbocycles. The van der Waals surface area contributed by atoms with Crippen LogP contribution in [0.25, 0.3) is 0 Å². The van der Waals surface area contributed by atoms with Crippen molar-refractivity contribution >= 4 is 17.5 Å². The number of nitrogens with one attached hydrogen (secondary N) is 2. The molecule has 0 aliphatic heterocycles. The zero-order valence-corrected chi connectivity index (χ0v) is 10.2. The van der Waals surface area contributed by atoms with Crippen LogP contribution in [-0.2, 0) is 6.54 Å². The van der Waals surface area contributed by atoms with E-state index in [9.17, 15) is 4.79 Å². The van der Waals surface area contributed by atoms with E-state index in [4.69, 9.17) is 16.3 Å². The first-order valence-electron chi connectivity index (χ1n) is 5.05. The molecule has 2 N–H and O–H groups in total. The number of aromatic nitrogens is 4. The van der Waals surface area contributed by atoms with E-state index in [0.29, 0.717) is 22.2 Å². The molecule has 1 aromatic heterocycles. The summed E-state index contributed by atoms with van der Waals surface area (Å²) in [6.07, 6.45) is 0. The minimum Gasteiger partial charge on any atom is -0.496 e. The molecule has 0 radical (unpaired) electrons. The van der Waals surface area contributed by atoms with Gasteiger partial charge in [-0.15, -0.1) is 10.2 Å². The molecule has 0 atom stereocenters. The third kappa shape index (κ3) is 2.75. The Balaban J connectivity index is 2.10. The maximum Gasteiger partial charge on any atom is 0.255 e. The minimum absolute atomic E-state index is 0.172. The lowest BCUT2D eigenvalue weighted by Gasteiger charge is -2.08. The van der Waals surface area contributed by atoms with E-state index in [1.165, 1.54) is 13.2 Å². The Kier molecular flexibility index (Phi) is 3.73. The van der Waals surface area contributed by atoms with Gasteiger partial charge in [-0.25, -0.2) is 0 Å². The molecule has 0 spiro atoms. The van der Waals surface area contributed by atoms with Gasteiger partial charge in [0, 0.05) is 5.02 Å². The number of methoxy groups -OCH3 is 1. The van der Waals surface area contributed by atoms with Crippen LogP contribution in [0.15, 0.2) is 18.2 Å². The highest BCUT2D eigenvalue weighted by atomic mass is 35.5. The number of carbonyl (C=O) groups excluding carboxylic acids is 1. The molecule has 2 rings (SSSR count). The van der Waals surface area contributed by atoms with E-state index < -0.39 is 0 Å². The molecule has 94 valence electrons. The van der Waals surface area contributed by atoms with Crippen LogP contribution in [0.4, 0.5) is 0 Å². The Morgan fingerprint density at radius 1 is 1.56 bits per heavy atom. The summed E-state index contributed by atoms with van der Waals surface area (Å²) in [5.74, 6) is 0.522. The largest absolute Gasteiger partial charge is 0.496 e. The van der Waals surface area contributed by atoms with Crippen molar-refractivity contribution in [3.8, 4) is 5.75 Å². The summed E-state index contributed by atoms with van der Waals surface area (Å²) in [5, 5.41) is 16.2. The van der Waals surface area contributed by atoms with Crippen LogP contribution in [0.2, 0.25) is 5.02 Å². The number of H-pyrrole nitrogens is 1. The number of halogens is 1. The second kappa shape index (κ2) is 5.46. The van der Waals surface area contributed by atoms with Crippen LogP contribution in [0, 0.1) is 0 Å². The Bertz CT molecular complexity index is 543. The van der Waals surface area contributed by atoms with Gasteiger partial charge in [-0.3, -0.25) is 4.79 Å². The summed E-state index contributed by atoms with van der Waals surface area (Å²) >= 11 is 5.84. The van der Waals surface area contributed by atoms with Crippen molar-refractivity contribution in [1.29, 1.82) is 0 Å². The fourth-order valence-corrected chi connectivity index (χ4v) is 1.54. The third-order valence-corrected chi connectivity index (χ3v) is 2.44. The molecule has 0 aliphatic carbocycles. The second-order valence-corrected chi connectivity index (χ2v) is 3.79. The average Bonchev–Trinajstić information content (AvgIpc) is 2.89. The second-order valence-electron chi connectivity index (χ2n) is 3.36. The number of benzene rings is 1. The fraction of sp³-hybridized carbons (Fsp3) is 0.200. The van der Waals surface area contributed by atoms with Gasteiger partial charge in [0.05, 0.1) is 19.2 Å². The van der Waals surface area contributed by atoms with E-state index in [0.717, 1.165) is 0 Å². The van der Waals surface area contributed by atoms with E-state index in [-0.39, 0.29) is 12.5 Å². The molecule has 0 bridgehead atoms. The van der Waals surface area contributed by atoms with E-state index in [2.05, 4.69) is 25.9 Å². The summed E-state index contributed by atoms with van der Waals surface area (Å²) in [5.41, 5.74) is 0.355. The summed E-state index contributed by atoms with van der Waals surface area (Å²) in [4.78, 5) is 11.9. The SMILES string of the molecule is COc1ccc(Cl)cc1C(=O)NCc1nn[nH]n1. The maximum atomic E-state index is 11.9. The smallest absolute Gasteiger partial charge is 0.255 e. The van der Waals surface area contributed by atoms with Gasteiger partial charge in [-0.1, -0.05) is 16.8 Å². The normalized spacial score (nSPS) is 10.1. The zero-order valence-electron chi connectivity index (χ0n) is 9.48. The highest BCUT2D eigenvalue weighted by Gasteiger charge is 2.13. The van der Waals surface area contributed by atoms with Gasteiger partial charge in [-0.05, 0) is 18.2 Å². The minimum atomic E-state index is -0.320. The quantitative estimate of drug-likeness (QED) is 0.854. The molecular formula is C10H10ClN5O2. The zero-order chi connectivity index (χ0) is 13.0. The molecule has 7 nitrogen and oxygen atoms in total. The molecule has 1 amide bonds. The van der Waals surface area contributed by atoms with Crippen molar-refractivity contribution < 1.29 is 9.53 Å². The Labute approximate surface area is 107 Å². The molecule has 18 heavy (non-hydrogen) atoms. The van der Waals surface area contributed by atoms with Gasteiger partial charge in [0.1, 0.15) is 5.75 Å². The van der Waals surface area contributed by atoms with Crippen molar-refractivity contribution in [3.05, 3.63) is 34.6 Å². The summed E-state index contributed by atoms with van der Waals surface area (Å²) < 4.78 is 5.09.